The molecule has 2 aliphatic heterocycles. The Hall–Kier alpha value is -3.50. The summed E-state index contributed by atoms with van der Waals surface area (Å²) in [5.41, 5.74) is 1.49. The van der Waals surface area contributed by atoms with Crippen LogP contribution in [0, 0.1) is 0 Å². The van der Waals surface area contributed by atoms with Crippen molar-refractivity contribution in [2.75, 3.05) is 70.2 Å². The van der Waals surface area contributed by atoms with Crippen LogP contribution >= 0.6 is 11.6 Å². The first-order valence-corrected chi connectivity index (χ1v) is 12.6. The minimum Gasteiger partial charge on any atom is -0.497 e. The maximum atomic E-state index is 13.2. The van der Waals surface area contributed by atoms with Gasteiger partial charge in [0.2, 0.25) is 17.7 Å². The summed E-state index contributed by atoms with van der Waals surface area (Å²) in [5, 5.41) is 6.25. The van der Waals surface area contributed by atoms with E-state index in [2.05, 4.69) is 20.4 Å². The third kappa shape index (κ3) is 6.64. The first-order valence-electron chi connectivity index (χ1n) is 12.2. The summed E-state index contributed by atoms with van der Waals surface area (Å²) in [6, 6.07) is 11.9. The fraction of sp³-hybridized carbons (Fsp3) is 0.423. The SMILES string of the molecule is COc1ccc(OC)c(NC(=O)CC2C(=O)NCCN2C(=O)CN2CCN(c3cccc(Cl)c3)CC2)c1. The highest BCUT2D eigenvalue weighted by Gasteiger charge is 2.35. The molecule has 2 aliphatic rings. The van der Waals surface area contributed by atoms with E-state index in [1.807, 2.05) is 24.3 Å². The average molecular weight is 530 g/mol. The van der Waals surface area contributed by atoms with Gasteiger partial charge in [0.1, 0.15) is 17.5 Å². The first-order chi connectivity index (χ1) is 17.9. The van der Waals surface area contributed by atoms with E-state index in [1.165, 1.54) is 19.1 Å². The van der Waals surface area contributed by atoms with Gasteiger partial charge in [0.25, 0.3) is 0 Å². The zero-order chi connectivity index (χ0) is 26.4. The highest BCUT2D eigenvalue weighted by Crippen LogP contribution is 2.29. The Balaban J connectivity index is 1.35. The lowest BCUT2D eigenvalue weighted by atomic mass is 10.1. The smallest absolute Gasteiger partial charge is 0.243 e. The van der Waals surface area contributed by atoms with Crippen molar-refractivity contribution >= 4 is 40.7 Å². The third-order valence-corrected chi connectivity index (χ3v) is 6.85. The molecule has 2 aromatic carbocycles. The van der Waals surface area contributed by atoms with Crippen molar-refractivity contribution in [3.63, 3.8) is 0 Å². The number of halogens is 1. The van der Waals surface area contributed by atoms with Gasteiger partial charge in [0.05, 0.1) is 32.9 Å². The second-order valence-corrected chi connectivity index (χ2v) is 9.39. The van der Waals surface area contributed by atoms with Crippen LogP contribution in [-0.4, -0.2) is 93.6 Å². The fourth-order valence-corrected chi connectivity index (χ4v) is 4.81. The molecule has 1 unspecified atom stereocenters. The molecule has 2 N–H and O–H groups in total. The number of benzene rings is 2. The largest absolute Gasteiger partial charge is 0.497 e. The predicted octanol–water partition coefficient (Wildman–Crippen LogP) is 1.83. The normalized spacial score (nSPS) is 18.2. The van der Waals surface area contributed by atoms with Crippen LogP contribution in [0.25, 0.3) is 0 Å². The zero-order valence-corrected chi connectivity index (χ0v) is 21.8. The second-order valence-electron chi connectivity index (χ2n) is 8.96. The lowest BCUT2D eigenvalue weighted by Crippen LogP contribution is -2.60. The van der Waals surface area contributed by atoms with Gasteiger partial charge in [-0.25, -0.2) is 0 Å². The zero-order valence-electron chi connectivity index (χ0n) is 21.0. The second kappa shape index (κ2) is 12.2. The fourth-order valence-electron chi connectivity index (χ4n) is 4.62. The van der Waals surface area contributed by atoms with Gasteiger partial charge in [0.15, 0.2) is 0 Å². The molecule has 1 atom stereocenters. The summed E-state index contributed by atoms with van der Waals surface area (Å²) in [6.07, 6.45) is -0.166. The van der Waals surface area contributed by atoms with E-state index in [4.69, 9.17) is 21.1 Å². The van der Waals surface area contributed by atoms with E-state index < -0.39 is 11.9 Å². The van der Waals surface area contributed by atoms with Gasteiger partial charge >= 0.3 is 0 Å². The van der Waals surface area contributed by atoms with Gasteiger partial charge < -0.3 is 29.9 Å². The number of hydrogen-bond acceptors (Lipinski definition) is 7. The molecule has 0 aliphatic carbocycles. The predicted molar refractivity (Wildman–Crippen MR) is 141 cm³/mol. The van der Waals surface area contributed by atoms with E-state index >= 15 is 0 Å². The number of piperazine rings is 2. The highest BCUT2D eigenvalue weighted by atomic mass is 35.5. The third-order valence-electron chi connectivity index (χ3n) is 6.62. The average Bonchev–Trinajstić information content (AvgIpc) is 2.90. The molecule has 2 fully saturated rings. The Morgan fingerprint density at radius 2 is 1.84 bits per heavy atom. The quantitative estimate of drug-likeness (QED) is 0.538. The summed E-state index contributed by atoms with van der Waals surface area (Å²) in [4.78, 5) is 44.7. The lowest BCUT2D eigenvalue weighted by molar-refractivity contribution is -0.145. The first kappa shape index (κ1) is 26.6. The van der Waals surface area contributed by atoms with Gasteiger partial charge in [0, 0.05) is 56.0 Å². The molecule has 0 spiro atoms. The molecule has 0 bridgehead atoms. The van der Waals surface area contributed by atoms with E-state index in [9.17, 15) is 14.4 Å². The molecule has 0 saturated carbocycles. The number of carbonyl (C=O) groups is 3. The van der Waals surface area contributed by atoms with Crippen LogP contribution in [0.5, 0.6) is 11.5 Å². The lowest BCUT2D eigenvalue weighted by Gasteiger charge is -2.39. The standard InChI is InChI=1S/C26H32ClN5O5/c1-36-20-6-7-23(37-2)21(15-20)29-24(33)16-22-26(35)28-8-9-32(22)25(34)17-30-10-12-31(13-11-30)19-5-3-4-18(27)14-19/h3-7,14-15,22H,8-13,16-17H2,1-2H3,(H,28,35)(H,29,33). The Kier molecular flexibility index (Phi) is 8.73. The van der Waals surface area contributed by atoms with Crippen LogP contribution < -0.4 is 25.0 Å². The number of anilines is 2. The number of hydrogen-bond donors (Lipinski definition) is 2. The van der Waals surface area contributed by atoms with E-state index in [-0.39, 0.29) is 24.8 Å². The van der Waals surface area contributed by atoms with Gasteiger partial charge in [-0.3, -0.25) is 19.3 Å². The Morgan fingerprint density at radius 1 is 1.05 bits per heavy atom. The molecule has 3 amide bonds. The molecule has 11 heteroatoms. The molecule has 2 aromatic rings. The van der Waals surface area contributed by atoms with E-state index in [1.54, 1.807) is 18.2 Å². The van der Waals surface area contributed by atoms with Crippen molar-refractivity contribution in [1.29, 1.82) is 0 Å². The number of nitrogens with one attached hydrogen (secondary N) is 2. The number of amides is 3. The number of ether oxygens (including phenoxy) is 2. The van der Waals surface area contributed by atoms with Crippen LogP contribution in [0.2, 0.25) is 5.02 Å². The maximum absolute atomic E-state index is 13.2. The van der Waals surface area contributed by atoms with Crippen LogP contribution in [0.4, 0.5) is 11.4 Å². The summed E-state index contributed by atoms with van der Waals surface area (Å²) in [7, 11) is 3.03. The number of carbonyl (C=O) groups excluding carboxylic acids is 3. The van der Waals surface area contributed by atoms with Crippen molar-refractivity contribution in [3.05, 3.63) is 47.5 Å². The Morgan fingerprint density at radius 3 is 2.54 bits per heavy atom. The van der Waals surface area contributed by atoms with Crippen LogP contribution in [0.1, 0.15) is 6.42 Å². The summed E-state index contributed by atoms with van der Waals surface area (Å²) >= 11 is 6.12. The van der Waals surface area contributed by atoms with Crippen molar-refractivity contribution < 1.29 is 23.9 Å². The molecule has 4 rings (SSSR count). The molecule has 2 saturated heterocycles. The minimum atomic E-state index is -0.884. The summed E-state index contributed by atoms with van der Waals surface area (Å²) in [6.45, 7) is 3.85. The summed E-state index contributed by atoms with van der Waals surface area (Å²) < 4.78 is 10.5. The number of methoxy groups -OCH3 is 2. The number of nitrogens with zero attached hydrogens (tertiary/aromatic N) is 3. The monoisotopic (exact) mass is 529 g/mol. The van der Waals surface area contributed by atoms with Crippen molar-refractivity contribution in [3.8, 4) is 11.5 Å². The van der Waals surface area contributed by atoms with Crippen molar-refractivity contribution in [2.24, 2.45) is 0 Å². The van der Waals surface area contributed by atoms with E-state index in [0.717, 1.165) is 18.8 Å². The molecule has 37 heavy (non-hydrogen) atoms. The van der Waals surface area contributed by atoms with Gasteiger partial charge in [-0.15, -0.1) is 0 Å². The van der Waals surface area contributed by atoms with Crippen LogP contribution in [-0.2, 0) is 14.4 Å². The summed E-state index contributed by atoms with van der Waals surface area (Å²) in [5.74, 6) is 0.119. The molecule has 10 nitrogen and oxygen atoms in total. The van der Waals surface area contributed by atoms with Gasteiger partial charge in [-0.1, -0.05) is 17.7 Å². The van der Waals surface area contributed by atoms with Gasteiger partial charge in [-0.05, 0) is 30.3 Å². The molecule has 2 heterocycles. The Labute approximate surface area is 221 Å². The topological polar surface area (TPSA) is 103 Å². The molecule has 0 aromatic heterocycles. The molecule has 0 radical (unpaired) electrons. The minimum absolute atomic E-state index is 0.164. The van der Waals surface area contributed by atoms with Crippen LogP contribution in [0.3, 0.4) is 0 Å². The van der Waals surface area contributed by atoms with Crippen LogP contribution in [0.15, 0.2) is 42.5 Å². The maximum Gasteiger partial charge on any atom is 0.243 e. The number of rotatable bonds is 8. The molecular formula is C26H32ClN5O5. The highest BCUT2D eigenvalue weighted by molar-refractivity contribution is 6.30. The Bertz CT molecular complexity index is 1140. The van der Waals surface area contributed by atoms with E-state index in [0.29, 0.717) is 48.4 Å². The molecule has 198 valence electrons. The van der Waals surface area contributed by atoms with Crippen molar-refractivity contribution in [2.45, 2.75) is 12.5 Å². The molecular weight excluding hydrogens is 498 g/mol. The van der Waals surface area contributed by atoms with Gasteiger partial charge in [-0.2, -0.15) is 0 Å². The van der Waals surface area contributed by atoms with Crippen molar-refractivity contribution in [1.82, 2.24) is 15.1 Å².